The normalized spacial score (nSPS) is 10.3. The number of rotatable bonds is 2. The van der Waals surface area contributed by atoms with E-state index in [0.717, 1.165) is 20.9 Å². The Labute approximate surface area is 104 Å². The number of nitrogens with zero attached hydrogens (tertiary/aromatic N) is 1. The van der Waals surface area contributed by atoms with E-state index in [9.17, 15) is 4.79 Å². The molecule has 0 saturated carbocycles. The molecule has 1 aromatic carbocycles. The molecule has 0 aliphatic heterocycles. The number of carbonyl (C=O) groups is 1. The van der Waals surface area contributed by atoms with Crippen molar-refractivity contribution in [2.24, 2.45) is 0 Å². The fourth-order valence-electron chi connectivity index (χ4n) is 1.38. The minimum Gasteiger partial charge on any atom is -0.313 e. The largest absolute Gasteiger partial charge is 0.313 e. The van der Waals surface area contributed by atoms with Crippen LogP contribution >= 0.6 is 31.9 Å². The Morgan fingerprint density at radius 2 is 2.00 bits per heavy atom. The summed E-state index contributed by atoms with van der Waals surface area (Å²) >= 11 is 6.86. The lowest BCUT2D eigenvalue weighted by atomic mass is 10.3. The van der Waals surface area contributed by atoms with Crippen LogP contribution in [0.2, 0.25) is 0 Å². The van der Waals surface area contributed by atoms with Gasteiger partial charge in [0.25, 0.3) is 0 Å². The smallest absolute Gasteiger partial charge is 0.166 e. The molecule has 0 fully saturated rings. The Balaban J connectivity index is 2.62. The van der Waals surface area contributed by atoms with Gasteiger partial charge >= 0.3 is 0 Å². The van der Waals surface area contributed by atoms with Crippen LogP contribution in [0.4, 0.5) is 0 Å². The molecule has 2 aromatic rings. The van der Waals surface area contributed by atoms with Crippen LogP contribution in [-0.2, 0) is 0 Å². The van der Waals surface area contributed by atoms with Crippen molar-refractivity contribution in [1.82, 2.24) is 4.57 Å². The summed E-state index contributed by atoms with van der Waals surface area (Å²) in [6.45, 7) is 0. The molecule has 1 aromatic heterocycles. The van der Waals surface area contributed by atoms with Crippen molar-refractivity contribution in [2.45, 2.75) is 0 Å². The van der Waals surface area contributed by atoms with Crippen molar-refractivity contribution in [2.75, 3.05) is 0 Å². The van der Waals surface area contributed by atoms with E-state index < -0.39 is 0 Å². The second-order valence-corrected chi connectivity index (χ2v) is 4.79. The van der Waals surface area contributed by atoms with Gasteiger partial charge in [-0.15, -0.1) is 0 Å². The molecule has 0 N–H and O–H groups in total. The van der Waals surface area contributed by atoms with Gasteiger partial charge < -0.3 is 4.57 Å². The number of benzene rings is 1. The van der Waals surface area contributed by atoms with E-state index >= 15 is 0 Å². The Hall–Kier alpha value is -0.870. The molecule has 4 heteroatoms. The Kier molecular flexibility index (Phi) is 3.07. The maximum absolute atomic E-state index is 10.8. The second-order valence-electron chi connectivity index (χ2n) is 3.02. The van der Waals surface area contributed by atoms with Crippen LogP contribution in [0.15, 0.2) is 45.5 Å². The van der Waals surface area contributed by atoms with Gasteiger partial charge in [-0.3, -0.25) is 4.79 Å². The number of hydrogen-bond donors (Lipinski definition) is 0. The zero-order valence-corrected chi connectivity index (χ0v) is 10.8. The molecular weight excluding hydrogens is 322 g/mol. The standard InChI is InChI=1S/C11H7Br2NO/c12-8-3-4-10(13)11(6-8)14-5-1-2-9(14)7-15/h1-7H. The molecule has 0 saturated heterocycles. The van der Waals surface area contributed by atoms with Gasteiger partial charge in [-0.05, 0) is 46.3 Å². The molecule has 0 atom stereocenters. The molecule has 0 aliphatic rings. The Morgan fingerprint density at radius 3 is 2.73 bits per heavy atom. The first kappa shape index (κ1) is 10.6. The highest BCUT2D eigenvalue weighted by Crippen LogP contribution is 2.25. The highest BCUT2D eigenvalue weighted by Gasteiger charge is 2.06. The summed E-state index contributed by atoms with van der Waals surface area (Å²) in [5.41, 5.74) is 1.57. The van der Waals surface area contributed by atoms with Gasteiger partial charge in [0.2, 0.25) is 0 Å². The zero-order chi connectivity index (χ0) is 10.8. The van der Waals surface area contributed by atoms with Gasteiger partial charge in [0.05, 0.1) is 11.4 Å². The first-order valence-electron chi connectivity index (χ1n) is 4.30. The molecule has 2 rings (SSSR count). The van der Waals surface area contributed by atoms with E-state index in [4.69, 9.17) is 0 Å². The van der Waals surface area contributed by atoms with Crippen LogP contribution in [0.1, 0.15) is 10.5 Å². The molecule has 76 valence electrons. The van der Waals surface area contributed by atoms with Gasteiger partial charge in [0, 0.05) is 15.1 Å². The van der Waals surface area contributed by atoms with Crippen LogP contribution < -0.4 is 0 Å². The third-order valence-electron chi connectivity index (χ3n) is 2.07. The van der Waals surface area contributed by atoms with Crippen LogP contribution in [0.5, 0.6) is 0 Å². The molecule has 15 heavy (non-hydrogen) atoms. The lowest BCUT2D eigenvalue weighted by Crippen LogP contribution is -1.98. The second kappa shape index (κ2) is 4.33. The molecular formula is C11H7Br2NO. The average Bonchev–Trinajstić information content (AvgIpc) is 2.69. The topological polar surface area (TPSA) is 22.0 Å². The predicted octanol–water partition coefficient (Wildman–Crippen LogP) is 3.81. The van der Waals surface area contributed by atoms with E-state index in [2.05, 4.69) is 31.9 Å². The summed E-state index contributed by atoms with van der Waals surface area (Å²) in [5.74, 6) is 0. The summed E-state index contributed by atoms with van der Waals surface area (Å²) in [4.78, 5) is 10.8. The first-order valence-corrected chi connectivity index (χ1v) is 5.89. The first-order chi connectivity index (χ1) is 7.22. The third kappa shape index (κ3) is 2.06. The van der Waals surface area contributed by atoms with Crippen molar-refractivity contribution in [3.05, 3.63) is 51.2 Å². The summed E-state index contributed by atoms with van der Waals surface area (Å²) < 4.78 is 3.76. The SMILES string of the molecule is O=Cc1cccn1-c1cc(Br)ccc1Br. The number of halogens is 2. The molecule has 0 bridgehead atoms. The van der Waals surface area contributed by atoms with Gasteiger partial charge in [-0.25, -0.2) is 0 Å². The molecule has 0 unspecified atom stereocenters. The quantitative estimate of drug-likeness (QED) is 0.768. The van der Waals surface area contributed by atoms with Crippen molar-refractivity contribution in [3.63, 3.8) is 0 Å². The van der Waals surface area contributed by atoms with Crippen molar-refractivity contribution in [3.8, 4) is 5.69 Å². The lowest BCUT2D eigenvalue weighted by molar-refractivity contribution is 0.111. The van der Waals surface area contributed by atoms with Crippen LogP contribution in [-0.4, -0.2) is 10.9 Å². The monoisotopic (exact) mass is 327 g/mol. The van der Waals surface area contributed by atoms with E-state index in [1.165, 1.54) is 0 Å². The minimum atomic E-state index is 0.633. The van der Waals surface area contributed by atoms with Crippen molar-refractivity contribution >= 4 is 38.1 Å². The lowest BCUT2D eigenvalue weighted by Gasteiger charge is -2.08. The number of hydrogen-bond acceptors (Lipinski definition) is 1. The van der Waals surface area contributed by atoms with E-state index in [1.807, 2.05) is 35.0 Å². The number of carbonyl (C=O) groups excluding carboxylic acids is 1. The highest BCUT2D eigenvalue weighted by atomic mass is 79.9. The van der Waals surface area contributed by atoms with Crippen LogP contribution in [0, 0.1) is 0 Å². The third-order valence-corrected chi connectivity index (χ3v) is 3.23. The van der Waals surface area contributed by atoms with Crippen LogP contribution in [0.3, 0.4) is 0 Å². The zero-order valence-electron chi connectivity index (χ0n) is 7.65. The Bertz CT molecular complexity index is 505. The van der Waals surface area contributed by atoms with E-state index in [-0.39, 0.29) is 0 Å². The minimum absolute atomic E-state index is 0.633. The molecule has 0 aliphatic carbocycles. The Morgan fingerprint density at radius 1 is 1.20 bits per heavy atom. The number of aldehydes is 1. The van der Waals surface area contributed by atoms with Gasteiger partial charge in [-0.1, -0.05) is 15.9 Å². The van der Waals surface area contributed by atoms with Gasteiger partial charge in [0.15, 0.2) is 6.29 Å². The highest BCUT2D eigenvalue weighted by molar-refractivity contribution is 9.11. The summed E-state index contributed by atoms with van der Waals surface area (Å²) in [5, 5.41) is 0. The van der Waals surface area contributed by atoms with Gasteiger partial charge in [0.1, 0.15) is 0 Å². The summed E-state index contributed by atoms with van der Waals surface area (Å²) in [6.07, 6.45) is 2.70. The molecule has 0 amide bonds. The average molecular weight is 329 g/mol. The molecule has 2 nitrogen and oxygen atoms in total. The van der Waals surface area contributed by atoms with Crippen molar-refractivity contribution < 1.29 is 4.79 Å². The fourth-order valence-corrected chi connectivity index (χ4v) is 2.17. The van der Waals surface area contributed by atoms with Crippen molar-refractivity contribution in [1.29, 1.82) is 0 Å². The fraction of sp³-hybridized carbons (Fsp3) is 0. The molecule has 0 radical (unpaired) electrons. The number of aromatic nitrogens is 1. The predicted molar refractivity (Wildman–Crippen MR) is 66.6 cm³/mol. The summed E-state index contributed by atoms with van der Waals surface area (Å²) in [6, 6.07) is 9.46. The maximum atomic E-state index is 10.8. The van der Waals surface area contributed by atoms with E-state index in [0.29, 0.717) is 5.69 Å². The summed E-state index contributed by atoms with van der Waals surface area (Å²) in [7, 11) is 0. The maximum Gasteiger partial charge on any atom is 0.166 e. The van der Waals surface area contributed by atoms with E-state index in [1.54, 1.807) is 6.07 Å². The van der Waals surface area contributed by atoms with Gasteiger partial charge in [-0.2, -0.15) is 0 Å². The van der Waals surface area contributed by atoms with Crippen LogP contribution in [0.25, 0.3) is 5.69 Å². The molecule has 0 spiro atoms. The molecule has 1 heterocycles.